The van der Waals surface area contributed by atoms with Crippen LogP contribution < -0.4 is 26.8 Å². The lowest BCUT2D eigenvalue weighted by Gasteiger charge is -2.24. The summed E-state index contributed by atoms with van der Waals surface area (Å²) in [6.07, 6.45) is -3.48. The maximum Gasteiger partial charge on any atom is 0.433 e. The van der Waals surface area contributed by atoms with Crippen molar-refractivity contribution in [3.8, 4) is 10.6 Å². The third-order valence-electron chi connectivity index (χ3n) is 6.29. The van der Waals surface area contributed by atoms with Gasteiger partial charge in [0, 0.05) is 24.2 Å². The lowest BCUT2D eigenvalue weighted by atomic mass is 10.1. The summed E-state index contributed by atoms with van der Waals surface area (Å²) in [7, 11) is 1.49. The predicted octanol–water partition coefficient (Wildman–Crippen LogP) is 2.35. The van der Waals surface area contributed by atoms with Crippen LogP contribution in [-0.2, 0) is 24.6 Å². The fraction of sp³-hybridized carbons (Fsp3) is 0.348. The van der Waals surface area contributed by atoms with Crippen LogP contribution in [0.4, 0.5) is 30.5 Å². The summed E-state index contributed by atoms with van der Waals surface area (Å²) >= 11 is 1.13. The number of fused-ring (bicyclic) bond motifs is 1. The van der Waals surface area contributed by atoms with Crippen molar-refractivity contribution < 1.29 is 22.5 Å². The van der Waals surface area contributed by atoms with Gasteiger partial charge >= 0.3 is 11.9 Å². The molecule has 0 bridgehead atoms. The number of hydrogen-bond acceptors (Lipinski definition) is 11. The Labute approximate surface area is 227 Å². The van der Waals surface area contributed by atoms with Crippen LogP contribution in [0.25, 0.3) is 10.6 Å². The highest BCUT2D eigenvalue weighted by molar-refractivity contribution is 7.13. The third-order valence-corrected chi connectivity index (χ3v) is 7.18. The molecule has 0 aromatic carbocycles. The summed E-state index contributed by atoms with van der Waals surface area (Å²) in [5, 5.41) is 11.2. The van der Waals surface area contributed by atoms with E-state index in [2.05, 4.69) is 30.7 Å². The first-order valence-corrected chi connectivity index (χ1v) is 12.7. The van der Waals surface area contributed by atoms with Gasteiger partial charge in [0.25, 0.3) is 5.56 Å². The van der Waals surface area contributed by atoms with Crippen LogP contribution in [0, 0.1) is 13.8 Å². The smallest absolute Gasteiger partial charge is 0.352 e. The lowest BCUT2D eigenvalue weighted by molar-refractivity contribution is -0.141. The molecule has 1 aliphatic heterocycles. The van der Waals surface area contributed by atoms with Crippen molar-refractivity contribution in [3.05, 3.63) is 61.5 Å². The van der Waals surface area contributed by atoms with Crippen molar-refractivity contribution in [1.82, 2.24) is 29.2 Å². The summed E-state index contributed by atoms with van der Waals surface area (Å²) in [4.78, 5) is 52.8. The number of amides is 1. The van der Waals surface area contributed by atoms with Gasteiger partial charge in [0.15, 0.2) is 5.82 Å². The van der Waals surface area contributed by atoms with Crippen molar-refractivity contribution in [2.45, 2.75) is 39.5 Å². The monoisotopic (exact) mass is 577 g/mol. The van der Waals surface area contributed by atoms with E-state index in [-0.39, 0.29) is 42.0 Å². The second-order valence-electron chi connectivity index (χ2n) is 9.06. The Balaban J connectivity index is 1.36. The zero-order chi connectivity index (χ0) is 28.9. The van der Waals surface area contributed by atoms with E-state index in [4.69, 9.17) is 4.52 Å². The van der Waals surface area contributed by atoms with Gasteiger partial charge in [-0.15, -0.1) is 11.3 Å². The largest absolute Gasteiger partial charge is 0.433 e. The third kappa shape index (κ3) is 4.83. The molecule has 0 saturated carbocycles. The van der Waals surface area contributed by atoms with Crippen LogP contribution in [0.2, 0.25) is 0 Å². The number of alkyl halides is 3. The van der Waals surface area contributed by atoms with Gasteiger partial charge in [-0.25, -0.2) is 14.3 Å². The van der Waals surface area contributed by atoms with Gasteiger partial charge in [-0.3, -0.25) is 19.1 Å². The molecule has 40 heavy (non-hydrogen) atoms. The predicted molar refractivity (Wildman–Crippen MR) is 138 cm³/mol. The number of thiazole rings is 1. The van der Waals surface area contributed by atoms with Crippen LogP contribution in [-0.4, -0.2) is 47.9 Å². The Morgan fingerprint density at radius 2 is 2.02 bits per heavy atom. The highest BCUT2D eigenvalue weighted by atomic mass is 32.1. The molecule has 4 aromatic rings. The normalized spacial score (nSPS) is 13.7. The first kappa shape index (κ1) is 27.0. The molecule has 2 N–H and O–H groups in total. The average Bonchev–Trinajstić information content (AvgIpc) is 3.64. The molecule has 0 spiro atoms. The SMILES string of the molecule is Cc1noc(Cn2c(=O)c3c(n(C)c2=O)NCN3[C@@H](C)C(=O)Nc2csc(-c3cnc(C(F)(F)F)c(C)c3)n2)n1. The van der Waals surface area contributed by atoms with Crippen molar-refractivity contribution in [2.24, 2.45) is 7.05 Å². The van der Waals surface area contributed by atoms with E-state index in [9.17, 15) is 27.6 Å². The number of nitrogens with one attached hydrogen (secondary N) is 2. The molecule has 5 rings (SSSR count). The van der Waals surface area contributed by atoms with Gasteiger partial charge in [0.05, 0.1) is 6.67 Å². The van der Waals surface area contributed by atoms with Gasteiger partial charge in [-0.2, -0.15) is 18.2 Å². The quantitative estimate of drug-likeness (QED) is 0.349. The Kier molecular flexibility index (Phi) is 6.69. The van der Waals surface area contributed by atoms with E-state index in [1.54, 1.807) is 19.2 Å². The number of pyridine rings is 1. The minimum atomic E-state index is -4.56. The van der Waals surface area contributed by atoms with Crippen LogP contribution in [0.3, 0.4) is 0 Å². The number of aromatic nitrogens is 6. The zero-order valence-electron chi connectivity index (χ0n) is 21.5. The number of aryl methyl sites for hydroxylation is 2. The van der Waals surface area contributed by atoms with Gasteiger partial charge < -0.3 is 20.1 Å². The molecule has 0 radical (unpaired) electrons. The summed E-state index contributed by atoms with van der Waals surface area (Å²) in [5.74, 6) is 0.378. The van der Waals surface area contributed by atoms with Crippen LogP contribution in [0.15, 0.2) is 31.8 Å². The topological polar surface area (TPSA) is 153 Å². The fourth-order valence-electron chi connectivity index (χ4n) is 4.29. The van der Waals surface area contributed by atoms with Crippen LogP contribution in [0.5, 0.6) is 0 Å². The highest BCUT2D eigenvalue weighted by Gasteiger charge is 2.35. The van der Waals surface area contributed by atoms with E-state index in [0.717, 1.165) is 22.1 Å². The molecule has 0 saturated heterocycles. The molecule has 210 valence electrons. The second-order valence-corrected chi connectivity index (χ2v) is 9.92. The first-order valence-electron chi connectivity index (χ1n) is 11.8. The molecule has 1 amide bonds. The van der Waals surface area contributed by atoms with Crippen LogP contribution >= 0.6 is 11.3 Å². The standard InChI is InChI=1S/C23H22F3N9O4S/c1-10-5-13(6-27-17(10)23(24,25)26)20-31-14(8-40-20)30-19(36)11(2)35-9-28-18-16(35)21(37)34(22(38)33(18)4)7-15-29-12(3)32-39-15/h5-6,8,11,28H,7,9H2,1-4H3,(H,30,36)/t11-/m0/s1. The number of carbonyl (C=O) groups excluding carboxylic acids is 1. The Bertz CT molecular complexity index is 1740. The Morgan fingerprint density at radius 3 is 2.67 bits per heavy atom. The van der Waals surface area contributed by atoms with Crippen molar-refractivity contribution in [1.29, 1.82) is 0 Å². The lowest BCUT2D eigenvalue weighted by Crippen LogP contribution is -2.46. The van der Waals surface area contributed by atoms with E-state index >= 15 is 0 Å². The molecule has 13 nitrogen and oxygen atoms in total. The molecule has 0 unspecified atom stereocenters. The number of carbonyl (C=O) groups is 1. The van der Waals surface area contributed by atoms with Gasteiger partial charge in [0.1, 0.15) is 40.6 Å². The van der Waals surface area contributed by atoms with E-state index in [0.29, 0.717) is 16.4 Å². The average molecular weight is 578 g/mol. The summed E-state index contributed by atoms with van der Waals surface area (Å²) in [6, 6.07) is 0.457. The molecule has 0 aliphatic carbocycles. The molecule has 1 aliphatic rings. The molecule has 1 atom stereocenters. The zero-order valence-corrected chi connectivity index (χ0v) is 22.3. The van der Waals surface area contributed by atoms with Crippen molar-refractivity contribution in [2.75, 3.05) is 22.2 Å². The molecule has 5 heterocycles. The Hall–Kier alpha value is -4.54. The van der Waals surface area contributed by atoms with Crippen molar-refractivity contribution >= 4 is 34.6 Å². The van der Waals surface area contributed by atoms with E-state index < -0.39 is 35.1 Å². The van der Waals surface area contributed by atoms with Crippen molar-refractivity contribution in [3.63, 3.8) is 0 Å². The molecule has 0 fully saturated rings. The van der Waals surface area contributed by atoms with E-state index in [1.165, 1.54) is 29.5 Å². The number of hydrogen-bond donors (Lipinski definition) is 2. The summed E-state index contributed by atoms with van der Waals surface area (Å²) in [6.45, 7) is 4.34. The number of rotatable bonds is 6. The minimum Gasteiger partial charge on any atom is -0.352 e. The molecule has 17 heteroatoms. The second kappa shape index (κ2) is 9.89. The van der Waals surface area contributed by atoms with Crippen LogP contribution in [0.1, 0.15) is 29.9 Å². The first-order chi connectivity index (χ1) is 18.8. The highest BCUT2D eigenvalue weighted by Crippen LogP contribution is 2.33. The van der Waals surface area contributed by atoms with E-state index in [1.807, 2.05) is 0 Å². The van der Waals surface area contributed by atoms with Gasteiger partial charge in [-0.05, 0) is 32.4 Å². The molecule has 4 aromatic heterocycles. The minimum absolute atomic E-state index is 0.0473. The number of anilines is 3. The molecular weight excluding hydrogens is 555 g/mol. The maximum atomic E-state index is 13.4. The maximum absolute atomic E-state index is 13.4. The number of halogens is 3. The summed E-state index contributed by atoms with van der Waals surface area (Å²) < 4.78 is 46.4. The van der Waals surface area contributed by atoms with Gasteiger partial charge in [0.2, 0.25) is 11.8 Å². The fourth-order valence-corrected chi connectivity index (χ4v) is 5.02. The number of nitrogens with zero attached hydrogens (tertiary/aromatic N) is 7. The summed E-state index contributed by atoms with van der Waals surface area (Å²) in [5.41, 5.74) is -1.77. The van der Waals surface area contributed by atoms with Gasteiger partial charge in [-0.1, -0.05) is 5.16 Å². The molecular formula is C23H22F3N9O4S. The Morgan fingerprint density at radius 1 is 1.27 bits per heavy atom.